The van der Waals surface area contributed by atoms with Crippen molar-refractivity contribution in [2.24, 2.45) is 0 Å². The topological polar surface area (TPSA) is 306 Å². The molecule has 1 aliphatic heterocycles. The number of benzene rings is 3. The number of rotatable bonds is 10. The maximum Gasteiger partial charge on any atom is 1.00 e. The average molecular weight is 1490 g/mol. The molecule has 0 bridgehead atoms. The van der Waals surface area contributed by atoms with Gasteiger partial charge in [0, 0.05) is 53.0 Å². The largest absolute Gasteiger partial charge is 1.00 e. The number of aromatic hydroxyl groups is 1. The van der Waals surface area contributed by atoms with Crippen molar-refractivity contribution in [1.29, 1.82) is 0 Å². The molecule has 0 amide bonds. The number of fused-ring (bicyclic) bond motifs is 1. The first-order valence-electron chi connectivity index (χ1n) is 21.0. The Labute approximate surface area is 622 Å². The summed E-state index contributed by atoms with van der Waals surface area (Å²) in [5, 5.41) is 23.5. The number of ketones is 2. The Morgan fingerprint density at radius 3 is 1.59 bits per heavy atom. The number of carbonyl (C=O) groups excluding carboxylic acids is 6. The van der Waals surface area contributed by atoms with Gasteiger partial charge in [-0.05, 0) is 101 Å². The Hall–Kier alpha value is -2.81. The molecule has 3 aromatic heterocycles. The fourth-order valence-corrected chi connectivity index (χ4v) is 5.71. The molecule has 1 atom stereocenters. The fourth-order valence-electron chi connectivity index (χ4n) is 4.99. The monoisotopic (exact) mass is 1490 g/mol. The normalized spacial score (nSPS) is 10.7. The fraction of sp³-hybridized carbons (Fsp3) is 0.217. The number of halogens is 7. The van der Waals surface area contributed by atoms with Crippen LogP contribution in [0.1, 0.15) is 54.5 Å². The molecule has 1 aliphatic rings. The molecule has 34 heteroatoms. The van der Waals surface area contributed by atoms with Gasteiger partial charge in [-0.2, -0.15) is 15.0 Å². The third-order valence-corrected chi connectivity index (χ3v) is 9.45. The number of alkyl halides is 1. The molecule has 1 unspecified atom stereocenters. The van der Waals surface area contributed by atoms with Gasteiger partial charge in [0.2, 0.25) is 21.8 Å². The molecular weight excluding hydrogens is 1450 g/mol. The predicted octanol–water partition coefficient (Wildman–Crippen LogP) is -2.09. The molecule has 6 aromatic rings. The van der Waals surface area contributed by atoms with Gasteiger partial charge in [-0.25, -0.2) is 47.5 Å². The van der Waals surface area contributed by atoms with Crippen molar-refractivity contribution in [2.75, 3.05) is 55.2 Å². The van der Waals surface area contributed by atoms with Crippen molar-refractivity contribution in [1.82, 2.24) is 29.9 Å². The van der Waals surface area contributed by atoms with Gasteiger partial charge in [0.1, 0.15) is 24.1 Å². The number of hydrogen-bond acceptors (Lipinski definition) is 23. The van der Waals surface area contributed by atoms with Gasteiger partial charge >= 0.3 is 179 Å². The summed E-state index contributed by atoms with van der Waals surface area (Å²) < 4.78 is 52.6. The summed E-state index contributed by atoms with van der Waals surface area (Å²) in [6.45, 7) is 3.59. The van der Waals surface area contributed by atoms with Crippen LogP contribution in [0.15, 0.2) is 91.4 Å². The van der Waals surface area contributed by atoms with Crippen LogP contribution in [0.2, 0.25) is 15.9 Å². The first kappa shape index (κ1) is 81.4. The summed E-state index contributed by atoms with van der Waals surface area (Å²) in [4.78, 5) is 95.8. The van der Waals surface area contributed by atoms with Crippen molar-refractivity contribution < 1.29 is 250 Å². The molecule has 7 rings (SSSR count). The maximum atomic E-state index is 13.0. The van der Waals surface area contributed by atoms with E-state index >= 15 is 0 Å². The first-order chi connectivity index (χ1) is 36.5. The van der Waals surface area contributed by atoms with Crippen molar-refractivity contribution in [3.8, 4) is 17.2 Å². The van der Waals surface area contributed by atoms with Gasteiger partial charge in [0.25, 0.3) is 6.47 Å². The summed E-state index contributed by atoms with van der Waals surface area (Å²) >= 11 is 19.9. The summed E-state index contributed by atoms with van der Waals surface area (Å²) in [5.41, 5.74) is 1.86. The quantitative estimate of drug-likeness (QED) is 0.0252. The van der Waals surface area contributed by atoms with E-state index in [2.05, 4.69) is 83.8 Å². The van der Waals surface area contributed by atoms with E-state index in [-0.39, 0.29) is 238 Å². The molecule has 4 heterocycles. The third-order valence-electron chi connectivity index (χ3n) is 8.39. The number of nitrogens with one attached hydrogen (secondary N) is 2. The number of nitrogens with zero attached hydrogens (tertiary/aromatic N) is 7. The Balaban J connectivity index is -0.000000450. The number of aromatic nitrogens is 6. The molecule has 0 saturated heterocycles. The van der Waals surface area contributed by atoms with Crippen LogP contribution < -0.4 is 198 Å². The molecule has 0 aliphatic carbocycles. The summed E-state index contributed by atoms with van der Waals surface area (Å²) in [6, 6.07) is 17.1. The number of anilines is 3. The Bertz CT molecular complexity index is 2840. The van der Waals surface area contributed by atoms with E-state index < -0.39 is 23.7 Å². The SMILES string of the molecule is CC(=O)OOC(C)=O.CN1c2nc(Cl)ncc2OCC1c1ccc(F)cc1.CNc1nc(Cl)ncc1O.CNc1nc(Cl)ncc1OCC(=O)c1ccc(F)cc1.O=C(CBr)c1ccc(F)cc1.O=CO[O-].[B-]OC(C)=O.[Cs+].[Cs+].[H-].[Na+]. The van der Waals surface area contributed by atoms with Crippen molar-refractivity contribution in [3.05, 3.63) is 141 Å². The van der Waals surface area contributed by atoms with Gasteiger partial charge in [-0.15, -0.1) is 0 Å². The minimum absolute atomic E-state index is 0. The molecule has 0 saturated carbocycles. The average Bonchev–Trinajstić information content (AvgIpc) is 3.42. The molecule has 3 radical (unpaired) electrons. The first-order valence-corrected chi connectivity index (χ1v) is 23.2. The van der Waals surface area contributed by atoms with Crippen LogP contribution in [0.5, 0.6) is 17.2 Å². The predicted molar refractivity (Wildman–Crippen MR) is 275 cm³/mol. The second kappa shape index (κ2) is 46.6. The molecular formula is C46H45BBrCl3Cs2F3N9NaO14. The number of Topliss-reactive ketones (excluding diaryl/α,β-unsaturated/α-hetero) is 2. The van der Waals surface area contributed by atoms with E-state index in [1.807, 2.05) is 11.9 Å². The Kier molecular flexibility index (Phi) is 47.4. The van der Waals surface area contributed by atoms with Gasteiger partial charge < -0.3 is 54.4 Å². The minimum Gasteiger partial charge on any atom is -1.00 e. The number of ether oxygens (including phenoxy) is 2. The summed E-state index contributed by atoms with van der Waals surface area (Å²) in [7, 11) is 9.51. The van der Waals surface area contributed by atoms with Crippen molar-refractivity contribution in [3.63, 3.8) is 0 Å². The Morgan fingerprint density at radius 2 is 1.18 bits per heavy atom. The number of likely N-dealkylation sites (N-methyl/N-ethyl adjacent to an activating group) is 1. The third kappa shape index (κ3) is 34.1. The molecule has 3 aromatic carbocycles. The second-order valence-corrected chi connectivity index (χ2v) is 15.3. The number of hydrogen-bond donors (Lipinski definition) is 3. The minimum atomic E-state index is -0.639. The van der Waals surface area contributed by atoms with Crippen LogP contribution >= 0.6 is 50.7 Å². The van der Waals surface area contributed by atoms with Crippen LogP contribution in [0.25, 0.3) is 0 Å². The van der Waals surface area contributed by atoms with Gasteiger partial charge in [0.15, 0.2) is 52.9 Å². The van der Waals surface area contributed by atoms with Gasteiger partial charge in [0.05, 0.1) is 30.0 Å². The zero-order valence-electron chi connectivity index (χ0n) is 45.0. The maximum absolute atomic E-state index is 13.0. The van der Waals surface area contributed by atoms with Crippen molar-refractivity contribution in [2.45, 2.75) is 26.8 Å². The van der Waals surface area contributed by atoms with E-state index in [0.717, 1.165) is 19.4 Å². The summed E-state index contributed by atoms with van der Waals surface area (Å²) in [6.07, 6.45) is 4.17. The van der Waals surface area contributed by atoms with Crippen LogP contribution in [0.3, 0.4) is 0 Å². The van der Waals surface area contributed by atoms with E-state index in [1.165, 1.54) is 80.0 Å². The second-order valence-electron chi connectivity index (χ2n) is 13.8. The van der Waals surface area contributed by atoms with E-state index in [4.69, 9.17) is 59.4 Å². The van der Waals surface area contributed by atoms with E-state index in [0.29, 0.717) is 46.7 Å². The summed E-state index contributed by atoms with van der Waals surface area (Å²) in [5.74, 6) is -0.768. The van der Waals surface area contributed by atoms with E-state index in [9.17, 15) is 37.1 Å². The molecule has 23 nitrogen and oxygen atoms in total. The zero-order chi connectivity index (χ0) is 58.0. The molecule has 0 fully saturated rings. The van der Waals surface area contributed by atoms with E-state index in [1.54, 1.807) is 32.4 Å². The van der Waals surface area contributed by atoms with Crippen molar-refractivity contribution >= 4 is 112 Å². The standard InChI is InChI=1S/C13H11ClFN3O2.C13H11ClFN3O.C8H6BrFO.C5H6ClN3O.C4H6O4.C2H3BO2.CH2O3.2Cs.Na.H/c1-16-12-11(6-17-13(14)18-12)20-7-10(19)8-2-4-9(15)5-3-8;1-18-10(8-2-4-9(15)5-3-8)7-19-11-6-16-13(14)17-12(11)18;9-5-8(11)6-1-3-7(10)4-2-6;1-7-4-3(10)2-8-5(6)9-4;1-3(5)7-8-4(2)6;1-2(4)5-3;2-1-4-3;;;;/h2-6H,7H2,1H3,(H,16,17,18);2-6,10H,7H2,1H3;1-4H,5H2;2,10H,1H3,(H,7,8,9);1-2H3;1H3;1,3H;;;;/q;;;;;-1;;3*+1;-1/p-1. The van der Waals surface area contributed by atoms with Gasteiger partial charge in [-0.3, -0.25) is 19.2 Å². The van der Waals surface area contributed by atoms with Crippen LogP contribution in [0, 0.1) is 17.5 Å². The molecule has 3 N–H and O–H groups in total. The smallest absolute Gasteiger partial charge is 1.00 e. The molecule has 80 heavy (non-hydrogen) atoms. The Morgan fingerprint density at radius 1 is 0.762 bits per heavy atom. The molecule has 0 spiro atoms. The number of carbonyl (C=O) groups is 6. The zero-order valence-corrected chi connectivity index (χ0v) is 62.5. The van der Waals surface area contributed by atoms with Gasteiger partial charge in [-0.1, -0.05) is 28.1 Å². The van der Waals surface area contributed by atoms with Crippen LogP contribution in [0.4, 0.5) is 30.6 Å². The molecule has 413 valence electrons. The van der Waals surface area contributed by atoms with Crippen LogP contribution in [-0.2, 0) is 38.5 Å². The van der Waals surface area contributed by atoms with Crippen LogP contribution in [-0.4, -0.2) is 119 Å².